The lowest BCUT2D eigenvalue weighted by atomic mass is 10.1. The maximum Gasteiger partial charge on any atom is 0.240 e. The van der Waals surface area contributed by atoms with Crippen LogP contribution < -0.4 is 5.32 Å². The normalized spacial score (nSPS) is 23.5. The first kappa shape index (κ1) is 12.8. The molecule has 0 aromatic heterocycles. The van der Waals surface area contributed by atoms with E-state index in [9.17, 15) is 4.79 Å². The number of hydrogen-bond acceptors (Lipinski definition) is 3. The quantitative estimate of drug-likeness (QED) is 0.753. The molecule has 1 heterocycles. The smallest absolute Gasteiger partial charge is 0.240 e. The predicted octanol–water partition coefficient (Wildman–Crippen LogP) is 1.69. The molecule has 1 aliphatic heterocycles. The summed E-state index contributed by atoms with van der Waals surface area (Å²) in [7, 11) is 0. The highest BCUT2D eigenvalue weighted by Crippen LogP contribution is 2.14. The molecule has 88 valence electrons. The van der Waals surface area contributed by atoms with E-state index >= 15 is 0 Å². The molecule has 1 fully saturated rings. The van der Waals surface area contributed by atoms with Gasteiger partial charge in [0.15, 0.2) is 0 Å². The number of carbonyl (C=O) groups excluding carboxylic acids is 1. The van der Waals surface area contributed by atoms with Crippen LogP contribution in [-0.4, -0.2) is 41.6 Å². The summed E-state index contributed by atoms with van der Waals surface area (Å²) in [4.78, 5) is 13.9. The highest BCUT2D eigenvalue weighted by Gasteiger charge is 2.30. The molecule has 1 rings (SSSR count). The number of unbranched alkanes of at least 4 members (excludes halogenated alkanes) is 1. The molecule has 0 aliphatic carbocycles. The maximum atomic E-state index is 11.9. The highest BCUT2D eigenvalue weighted by molar-refractivity contribution is 7.99. The first-order chi connectivity index (χ1) is 7.19. The molecule has 4 heteroatoms. The molecule has 15 heavy (non-hydrogen) atoms. The Hall–Kier alpha value is -0.220. The molecule has 0 saturated carbocycles. The van der Waals surface area contributed by atoms with Crippen molar-refractivity contribution in [3.63, 3.8) is 0 Å². The van der Waals surface area contributed by atoms with Gasteiger partial charge in [0.05, 0.1) is 12.7 Å². The van der Waals surface area contributed by atoms with Gasteiger partial charge < -0.3 is 4.90 Å². The Morgan fingerprint density at radius 3 is 3.00 bits per heavy atom. The van der Waals surface area contributed by atoms with E-state index in [1.54, 1.807) is 0 Å². The van der Waals surface area contributed by atoms with Crippen molar-refractivity contribution in [1.82, 2.24) is 10.2 Å². The third-order valence-electron chi connectivity index (χ3n) is 2.86. The van der Waals surface area contributed by atoms with E-state index in [-0.39, 0.29) is 6.04 Å². The van der Waals surface area contributed by atoms with Crippen LogP contribution in [0.2, 0.25) is 0 Å². The van der Waals surface area contributed by atoms with E-state index in [1.807, 2.05) is 16.7 Å². The van der Waals surface area contributed by atoms with Crippen molar-refractivity contribution in [3.8, 4) is 0 Å². The molecule has 1 amide bonds. The third-order valence-corrected chi connectivity index (χ3v) is 3.82. The molecule has 0 aromatic rings. The first-order valence-corrected chi connectivity index (χ1v) is 7.02. The Labute approximate surface area is 97.0 Å². The van der Waals surface area contributed by atoms with Crippen LogP contribution >= 0.6 is 11.8 Å². The predicted molar refractivity (Wildman–Crippen MR) is 66.0 cm³/mol. The fraction of sp³-hybridized carbons (Fsp3) is 0.909. The minimum absolute atomic E-state index is 0.0824. The molecule has 0 radical (unpaired) electrons. The van der Waals surface area contributed by atoms with Crippen LogP contribution in [0.3, 0.4) is 0 Å². The molecule has 1 N–H and O–H groups in total. The van der Waals surface area contributed by atoms with Gasteiger partial charge in [0.25, 0.3) is 0 Å². The van der Waals surface area contributed by atoms with Gasteiger partial charge in [-0.25, -0.2) is 0 Å². The zero-order chi connectivity index (χ0) is 11.3. The molecule has 0 bridgehead atoms. The van der Waals surface area contributed by atoms with Crippen molar-refractivity contribution >= 4 is 17.7 Å². The Bertz CT molecular complexity index is 211. The van der Waals surface area contributed by atoms with E-state index in [2.05, 4.69) is 25.4 Å². The summed E-state index contributed by atoms with van der Waals surface area (Å²) in [5, 5.41) is 3.82. The second-order valence-corrected chi connectivity index (χ2v) is 5.44. The summed E-state index contributed by atoms with van der Waals surface area (Å²) >= 11 is 1.81. The van der Waals surface area contributed by atoms with Gasteiger partial charge in [-0.15, -0.1) is 0 Å². The summed E-state index contributed by atoms with van der Waals surface area (Å²) in [6, 6.07) is 0.0824. The molecule has 0 aromatic carbocycles. The largest absolute Gasteiger partial charge is 0.327 e. The van der Waals surface area contributed by atoms with Gasteiger partial charge >= 0.3 is 0 Å². The SMILES string of the molecule is CCCCC1NCN(CC(C)SC)C1=O. The standard InChI is InChI=1S/C11H22N2OS/c1-4-5-6-10-11(14)13(8-12-10)7-9(2)15-3/h9-10,12H,4-8H2,1-3H3. The van der Waals surface area contributed by atoms with E-state index in [0.29, 0.717) is 11.2 Å². The van der Waals surface area contributed by atoms with Gasteiger partial charge in [0, 0.05) is 11.8 Å². The molecule has 3 nitrogen and oxygen atoms in total. The summed E-state index contributed by atoms with van der Waals surface area (Å²) < 4.78 is 0. The fourth-order valence-electron chi connectivity index (χ4n) is 1.78. The number of nitrogens with one attached hydrogen (secondary N) is 1. The second kappa shape index (κ2) is 6.38. The lowest BCUT2D eigenvalue weighted by Gasteiger charge is -2.18. The highest BCUT2D eigenvalue weighted by atomic mass is 32.2. The fourth-order valence-corrected chi connectivity index (χ4v) is 2.11. The van der Waals surface area contributed by atoms with Crippen molar-refractivity contribution in [2.45, 2.75) is 44.4 Å². The van der Waals surface area contributed by atoms with Crippen LogP contribution in [0.5, 0.6) is 0 Å². The molecule has 0 spiro atoms. The monoisotopic (exact) mass is 230 g/mol. The van der Waals surface area contributed by atoms with Crippen LogP contribution in [0.4, 0.5) is 0 Å². The van der Waals surface area contributed by atoms with Crippen LogP contribution in [-0.2, 0) is 4.79 Å². The van der Waals surface area contributed by atoms with Gasteiger partial charge in [-0.1, -0.05) is 26.7 Å². The number of nitrogens with zero attached hydrogens (tertiary/aromatic N) is 1. The van der Waals surface area contributed by atoms with Crippen LogP contribution in [0, 0.1) is 0 Å². The summed E-state index contributed by atoms with van der Waals surface area (Å²) in [6.45, 7) is 5.93. The van der Waals surface area contributed by atoms with E-state index in [0.717, 1.165) is 32.5 Å². The molecular formula is C11H22N2OS. The Kier molecular flexibility index (Phi) is 5.47. The number of rotatable bonds is 6. The first-order valence-electron chi connectivity index (χ1n) is 5.74. The van der Waals surface area contributed by atoms with Gasteiger partial charge in [0.1, 0.15) is 0 Å². The Morgan fingerprint density at radius 2 is 2.40 bits per heavy atom. The molecule has 1 saturated heterocycles. The number of amides is 1. The average molecular weight is 230 g/mol. The Balaban J connectivity index is 2.35. The summed E-state index contributed by atoms with van der Waals surface area (Å²) in [5.41, 5.74) is 0. The van der Waals surface area contributed by atoms with Crippen molar-refractivity contribution in [3.05, 3.63) is 0 Å². The van der Waals surface area contributed by atoms with E-state index in [1.165, 1.54) is 0 Å². The second-order valence-electron chi connectivity index (χ2n) is 4.16. The molecular weight excluding hydrogens is 208 g/mol. The third kappa shape index (κ3) is 3.68. The van der Waals surface area contributed by atoms with Gasteiger partial charge in [-0.05, 0) is 12.7 Å². The van der Waals surface area contributed by atoms with Crippen LogP contribution in [0.25, 0.3) is 0 Å². The average Bonchev–Trinajstić information content (AvgIpc) is 2.57. The van der Waals surface area contributed by atoms with Gasteiger partial charge in [0.2, 0.25) is 5.91 Å². The van der Waals surface area contributed by atoms with Crippen LogP contribution in [0.1, 0.15) is 33.1 Å². The topological polar surface area (TPSA) is 32.3 Å². The van der Waals surface area contributed by atoms with Crippen molar-refractivity contribution in [2.24, 2.45) is 0 Å². The zero-order valence-electron chi connectivity index (χ0n) is 9.95. The zero-order valence-corrected chi connectivity index (χ0v) is 10.8. The maximum absolute atomic E-state index is 11.9. The van der Waals surface area contributed by atoms with Crippen LogP contribution in [0.15, 0.2) is 0 Å². The lowest BCUT2D eigenvalue weighted by molar-refractivity contribution is -0.129. The molecule has 2 unspecified atom stereocenters. The molecule has 1 aliphatic rings. The number of hydrogen-bond donors (Lipinski definition) is 1. The summed E-state index contributed by atoms with van der Waals surface area (Å²) in [5.74, 6) is 0.296. The lowest BCUT2D eigenvalue weighted by Crippen LogP contribution is -2.34. The van der Waals surface area contributed by atoms with Crippen molar-refractivity contribution < 1.29 is 4.79 Å². The minimum atomic E-state index is 0.0824. The van der Waals surface area contributed by atoms with Gasteiger partial charge in [-0.3, -0.25) is 10.1 Å². The summed E-state index contributed by atoms with van der Waals surface area (Å²) in [6.07, 6.45) is 5.37. The van der Waals surface area contributed by atoms with Crippen molar-refractivity contribution in [2.75, 3.05) is 19.5 Å². The van der Waals surface area contributed by atoms with Gasteiger partial charge in [-0.2, -0.15) is 11.8 Å². The van der Waals surface area contributed by atoms with E-state index in [4.69, 9.17) is 0 Å². The number of thioether (sulfide) groups is 1. The minimum Gasteiger partial charge on any atom is -0.327 e. The molecule has 2 atom stereocenters. The van der Waals surface area contributed by atoms with Crippen molar-refractivity contribution in [1.29, 1.82) is 0 Å². The Morgan fingerprint density at radius 1 is 1.67 bits per heavy atom. The number of carbonyl (C=O) groups is 1. The van der Waals surface area contributed by atoms with E-state index < -0.39 is 0 Å².